The summed E-state index contributed by atoms with van der Waals surface area (Å²) in [5.41, 5.74) is 2.80. The van der Waals surface area contributed by atoms with Gasteiger partial charge in [0.15, 0.2) is 5.69 Å². The van der Waals surface area contributed by atoms with Crippen LogP contribution in [0, 0.1) is 17.8 Å². The molecule has 0 spiro atoms. The predicted octanol–water partition coefficient (Wildman–Crippen LogP) is 7.68. The average Bonchev–Trinajstić information content (AvgIpc) is 3.86. The Kier molecular flexibility index (Phi) is 11.5. The molecule has 1 amide bonds. The van der Waals surface area contributed by atoms with Crippen LogP contribution in [0.1, 0.15) is 57.7 Å². The molecule has 282 valence electrons. The second-order valence-electron chi connectivity index (χ2n) is 12.4. The largest absolute Gasteiger partial charge is 0.416 e. The van der Waals surface area contributed by atoms with Crippen LogP contribution in [0.25, 0.3) is 16.3 Å². The minimum absolute atomic E-state index is 0.102. The monoisotopic (exact) mass is 818 g/mol. The zero-order valence-electron chi connectivity index (χ0n) is 27.5. The molecule has 19 heteroatoms. The summed E-state index contributed by atoms with van der Waals surface area (Å²) in [7, 11) is -4.46. The number of thiophene rings is 1. The first-order valence-corrected chi connectivity index (χ1v) is 19.2. The molecule has 1 atom stereocenters. The van der Waals surface area contributed by atoms with Gasteiger partial charge >= 0.3 is 12.4 Å². The molecule has 2 aliphatic rings. The molecular formula is C34H30Cl2F6N6O3S2. The molecule has 0 bridgehead atoms. The SMILES string of the molecule is O=C(NN1CCCCC1)c1nn(-c2ccc(Cl)cc2Cl)c(-c2ccc(C#Cc3ccc(C(F)(F)F)cc3)s2)c1CNS(=O)(=O)N1CC[C@@H](C(F)(F)F)C1. The minimum Gasteiger partial charge on any atom is -0.283 e. The summed E-state index contributed by atoms with van der Waals surface area (Å²) < 4.78 is 111. The first-order valence-electron chi connectivity index (χ1n) is 16.2. The van der Waals surface area contributed by atoms with E-state index in [1.54, 1.807) is 29.3 Å². The van der Waals surface area contributed by atoms with Gasteiger partial charge in [-0.2, -0.15) is 48.9 Å². The summed E-state index contributed by atoms with van der Waals surface area (Å²) in [6.07, 6.45) is -6.79. The van der Waals surface area contributed by atoms with Crippen molar-refractivity contribution < 1.29 is 39.6 Å². The summed E-state index contributed by atoms with van der Waals surface area (Å²) in [6.45, 7) is -0.486. The Morgan fingerprint density at radius 2 is 1.66 bits per heavy atom. The maximum atomic E-state index is 13.9. The fourth-order valence-corrected chi connectivity index (χ4v) is 8.60. The minimum atomic E-state index is -4.57. The van der Waals surface area contributed by atoms with Gasteiger partial charge in [0, 0.05) is 48.9 Å². The molecule has 6 rings (SSSR count). The summed E-state index contributed by atoms with van der Waals surface area (Å²) in [6, 6.07) is 12.2. The van der Waals surface area contributed by atoms with Crippen molar-refractivity contribution in [3.05, 3.63) is 91.9 Å². The number of rotatable bonds is 8. The van der Waals surface area contributed by atoms with Gasteiger partial charge in [-0.15, -0.1) is 11.3 Å². The van der Waals surface area contributed by atoms with Crippen molar-refractivity contribution in [2.75, 3.05) is 26.2 Å². The Hall–Kier alpha value is -3.63. The molecule has 2 N–H and O–H groups in total. The molecule has 2 aliphatic heterocycles. The Bertz CT molecular complexity index is 2160. The lowest BCUT2D eigenvalue weighted by Gasteiger charge is -2.26. The van der Waals surface area contributed by atoms with E-state index in [1.165, 1.54) is 22.9 Å². The second-order valence-corrected chi connectivity index (χ2v) is 16.1. The van der Waals surface area contributed by atoms with Crippen LogP contribution in [0.5, 0.6) is 0 Å². The van der Waals surface area contributed by atoms with Crippen LogP contribution in [0.15, 0.2) is 54.6 Å². The van der Waals surface area contributed by atoms with Crippen molar-refractivity contribution in [3.63, 3.8) is 0 Å². The van der Waals surface area contributed by atoms with Crippen molar-refractivity contribution in [2.24, 2.45) is 5.92 Å². The van der Waals surface area contributed by atoms with E-state index >= 15 is 0 Å². The number of carbonyl (C=O) groups is 1. The summed E-state index contributed by atoms with van der Waals surface area (Å²) >= 11 is 13.9. The number of halogens is 8. The van der Waals surface area contributed by atoms with E-state index in [4.69, 9.17) is 23.2 Å². The van der Waals surface area contributed by atoms with Gasteiger partial charge < -0.3 is 0 Å². The number of benzene rings is 2. The lowest BCUT2D eigenvalue weighted by atomic mass is 10.1. The van der Waals surface area contributed by atoms with Crippen molar-refractivity contribution in [1.29, 1.82) is 0 Å². The number of nitrogens with one attached hydrogen (secondary N) is 2. The fraction of sp³-hybridized carbons (Fsp3) is 0.353. The molecule has 2 aromatic carbocycles. The molecule has 0 radical (unpaired) electrons. The summed E-state index contributed by atoms with van der Waals surface area (Å²) in [5.74, 6) is 3.28. The van der Waals surface area contributed by atoms with Gasteiger partial charge in [0.1, 0.15) is 0 Å². The normalized spacial score (nSPS) is 17.5. The van der Waals surface area contributed by atoms with Crippen LogP contribution in [0.2, 0.25) is 10.0 Å². The van der Waals surface area contributed by atoms with E-state index in [0.717, 1.165) is 47.0 Å². The molecule has 9 nitrogen and oxygen atoms in total. The molecule has 53 heavy (non-hydrogen) atoms. The highest BCUT2D eigenvalue weighted by molar-refractivity contribution is 7.87. The highest BCUT2D eigenvalue weighted by atomic mass is 35.5. The van der Waals surface area contributed by atoms with Crippen molar-refractivity contribution in [2.45, 2.75) is 44.6 Å². The third kappa shape index (κ3) is 9.19. The number of hydrazine groups is 1. The number of piperidine rings is 1. The molecule has 0 unspecified atom stereocenters. The molecular weight excluding hydrogens is 789 g/mol. The predicted molar refractivity (Wildman–Crippen MR) is 189 cm³/mol. The Morgan fingerprint density at radius 3 is 2.30 bits per heavy atom. The zero-order chi connectivity index (χ0) is 38.1. The van der Waals surface area contributed by atoms with Crippen LogP contribution in [-0.2, 0) is 22.9 Å². The lowest BCUT2D eigenvalue weighted by Crippen LogP contribution is -2.45. The number of hydrogen-bond acceptors (Lipinski definition) is 6. The lowest BCUT2D eigenvalue weighted by molar-refractivity contribution is -0.169. The van der Waals surface area contributed by atoms with Gasteiger partial charge in [-0.3, -0.25) is 10.2 Å². The fourth-order valence-electron chi connectivity index (χ4n) is 5.96. The van der Waals surface area contributed by atoms with Gasteiger partial charge in [-0.05, 0) is 73.9 Å². The van der Waals surface area contributed by atoms with Crippen LogP contribution in [0.3, 0.4) is 0 Å². The molecule has 0 aliphatic carbocycles. The number of aromatic nitrogens is 2. The maximum absolute atomic E-state index is 13.9. The number of amides is 1. The third-order valence-corrected chi connectivity index (χ3v) is 11.8. The van der Waals surface area contributed by atoms with Crippen molar-refractivity contribution >= 4 is 50.7 Å². The number of hydrogen-bond donors (Lipinski definition) is 2. The number of carbonyl (C=O) groups excluding carboxylic acids is 1. The molecule has 4 heterocycles. The zero-order valence-corrected chi connectivity index (χ0v) is 30.6. The van der Waals surface area contributed by atoms with Gasteiger partial charge in [0.25, 0.3) is 16.1 Å². The Morgan fingerprint density at radius 1 is 0.943 bits per heavy atom. The standard InChI is InChI=1S/C34H30Cl2F6N6O3S2/c35-24-9-12-28(27(36)18-24)48-31(29-13-11-25(52-29)10-6-21-4-7-22(8-5-21)33(37,38)39)26(30(44-48)32(49)45-46-15-2-1-3-16-46)19-43-53(50,51)47-17-14-23(20-47)34(40,41)42/h4-5,7-9,11-13,18,23,43H,1-3,14-17,19-20H2,(H,45,49)/t23-/m1/s1. The quantitative estimate of drug-likeness (QED) is 0.141. The third-order valence-electron chi connectivity index (χ3n) is 8.72. The van der Waals surface area contributed by atoms with E-state index in [9.17, 15) is 39.6 Å². The first-order chi connectivity index (χ1) is 25.0. The van der Waals surface area contributed by atoms with Crippen LogP contribution in [0.4, 0.5) is 26.3 Å². The van der Waals surface area contributed by atoms with E-state index in [1.807, 2.05) is 0 Å². The van der Waals surface area contributed by atoms with E-state index < -0.39 is 59.5 Å². The Balaban J connectivity index is 1.41. The summed E-state index contributed by atoms with van der Waals surface area (Å²) in [4.78, 5) is 14.8. The van der Waals surface area contributed by atoms with Crippen molar-refractivity contribution in [3.8, 4) is 28.1 Å². The average molecular weight is 820 g/mol. The van der Waals surface area contributed by atoms with Crippen molar-refractivity contribution in [1.82, 2.24) is 29.2 Å². The van der Waals surface area contributed by atoms with Gasteiger partial charge in [-0.1, -0.05) is 41.5 Å². The van der Waals surface area contributed by atoms with E-state index in [0.29, 0.717) is 33.4 Å². The molecule has 2 saturated heterocycles. The van der Waals surface area contributed by atoms with Gasteiger partial charge in [0.2, 0.25) is 0 Å². The topological polar surface area (TPSA) is 99.6 Å². The maximum Gasteiger partial charge on any atom is 0.416 e. The number of alkyl halides is 6. The van der Waals surface area contributed by atoms with Crippen LogP contribution < -0.4 is 10.1 Å². The van der Waals surface area contributed by atoms with Crippen LogP contribution in [-0.4, -0.2) is 65.8 Å². The highest BCUT2D eigenvalue weighted by Gasteiger charge is 2.46. The summed E-state index contributed by atoms with van der Waals surface area (Å²) in [5, 5.41) is 6.80. The Labute approximate surface area is 315 Å². The first kappa shape index (κ1) is 39.1. The van der Waals surface area contributed by atoms with Gasteiger partial charge in [0.05, 0.1) is 37.6 Å². The molecule has 2 fully saturated rings. The van der Waals surface area contributed by atoms with Gasteiger partial charge in [-0.25, -0.2) is 9.69 Å². The molecule has 4 aromatic rings. The number of nitrogens with zero attached hydrogens (tertiary/aromatic N) is 4. The van der Waals surface area contributed by atoms with Crippen LogP contribution >= 0.6 is 34.5 Å². The molecule has 2 aromatic heterocycles. The van der Waals surface area contributed by atoms with E-state index in [2.05, 4.69) is 27.1 Å². The smallest absolute Gasteiger partial charge is 0.283 e. The second kappa shape index (κ2) is 15.6. The highest BCUT2D eigenvalue weighted by Crippen LogP contribution is 2.38. The molecule has 0 saturated carbocycles. The van der Waals surface area contributed by atoms with E-state index in [-0.39, 0.29) is 34.2 Å².